The molecular weight excluding hydrogens is 205 g/mol. The van der Waals surface area contributed by atoms with Gasteiger partial charge in [-0.25, -0.2) is 4.98 Å². The number of anilines is 1. The molecule has 1 aromatic heterocycles. The highest BCUT2D eigenvalue weighted by Gasteiger charge is 2.32. The predicted molar refractivity (Wildman–Crippen MR) is 43.2 cm³/mol. The molecule has 0 aliphatic rings. The van der Waals surface area contributed by atoms with Gasteiger partial charge in [-0.1, -0.05) is 6.07 Å². The molecule has 1 aromatic rings. The summed E-state index contributed by atoms with van der Waals surface area (Å²) in [7, 11) is 0. The summed E-state index contributed by atoms with van der Waals surface area (Å²) < 4.78 is 36.2. The van der Waals surface area contributed by atoms with Crippen LogP contribution in [0.4, 0.5) is 19.0 Å². The molecule has 0 amide bonds. The first-order valence-electron chi connectivity index (χ1n) is 3.33. The Morgan fingerprint density at radius 1 is 1.38 bits per heavy atom. The lowest BCUT2D eigenvalue weighted by Crippen LogP contribution is -2.10. The number of nitrogens with two attached hydrogens (primary N) is 1. The lowest BCUT2D eigenvalue weighted by Gasteiger charge is -2.07. The summed E-state index contributed by atoms with van der Waals surface area (Å²) in [4.78, 5) is 3.18. The van der Waals surface area contributed by atoms with Crippen LogP contribution in [-0.4, -0.2) is 4.98 Å². The van der Waals surface area contributed by atoms with Gasteiger partial charge in [0.15, 0.2) is 0 Å². The normalized spacial score (nSPS) is 11.7. The third-order valence-corrected chi connectivity index (χ3v) is 1.73. The minimum atomic E-state index is -4.46. The Balaban J connectivity index is 3.10. The van der Waals surface area contributed by atoms with E-state index in [0.29, 0.717) is 5.56 Å². The molecule has 1 heterocycles. The zero-order valence-corrected chi connectivity index (χ0v) is 7.15. The highest BCUT2D eigenvalue weighted by atomic mass is 35.5. The number of aromatic nitrogens is 1. The van der Waals surface area contributed by atoms with Crippen LogP contribution in [-0.2, 0) is 12.1 Å². The topological polar surface area (TPSA) is 38.9 Å². The van der Waals surface area contributed by atoms with E-state index in [-0.39, 0.29) is 11.7 Å². The van der Waals surface area contributed by atoms with E-state index in [1.54, 1.807) is 0 Å². The van der Waals surface area contributed by atoms with E-state index in [4.69, 9.17) is 17.3 Å². The smallest absolute Gasteiger partial charge is 0.383 e. The van der Waals surface area contributed by atoms with Crippen molar-refractivity contribution in [3.8, 4) is 0 Å². The number of nitrogens with zero attached hydrogens (tertiary/aromatic N) is 1. The Morgan fingerprint density at radius 3 is 2.38 bits per heavy atom. The number of hydrogen-bond donors (Lipinski definition) is 1. The monoisotopic (exact) mass is 210 g/mol. The Labute approximate surface area is 77.5 Å². The molecular formula is C7H6ClF3N2. The fraction of sp³-hybridized carbons (Fsp3) is 0.286. The first kappa shape index (κ1) is 10.1. The minimum Gasteiger partial charge on any atom is -0.383 e. The van der Waals surface area contributed by atoms with E-state index in [9.17, 15) is 13.2 Å². The molecule has 0 saturated heterocycles. The van der Waals surface area contributed by atoms with Crippen LogP contribution in [0.15, 0.2) is 12.1 Å². The number of nitrogen functional groups attached to an aromatic ring is 1. The van der Waals surface area contributed by atoms with Gasteiger partial charge in [-0.3, -0.25) is 0 Å². The molecule has 0 radical (unpaired) electrons. The zero-order chi connectivity index (χ0) is 10.1. The standard InChI is InChI=1S/C7H6ClF3N2/c8-3-4-1-2-5(7(9,10)11)13-6(4)12/h1-2H,3H2,(H2,12,13). The Kier molecular flexibility index (Phi) is 2.66. The molecule has 2 N–H and O–H groups in total. The molecule has 72 valence electrons. The summed E-state index contributed by atoms with van der Waals surface area (Å²) >= 11 is 5.40. The van der Waals surface area contributed by atoms with E-state index < -0.39 is 11.9 Å². The highest BCUT2D eigenvalue weighted by molar-refractivity contribution is 6.17. The van der Waals surface area contributed by atoms with Gasteiger partial charge in [0, 0.05) is 5.56 Å². The van der Waals surface area contributed by atoms with Crippen LogP contribution in [0, 0.1) is 0 Å². The van der Waals surface area contributed by atoms with Crippen LogP contribution in [0.5, 0.6) is 0 Å². The zero-order valence-electron chi connectivity index (χ0n) is 6.40. The van der Waals surface area contributed by atoms with Gasteiger partial charge < -0.3 is 5.73 Å². The van der Waals surface area contributed by atoms with Gasteiger partial charge in [0.25, 0.3) is 0 Å². The molecule has 0 unspecified atom stereocenters. The lowest BCUT2D eigenvalue weighted by atomic mass is 10.2. The number of pyridine rings is 1. The van der Waals surface area contributed by atoms with Crippen molar-refractivity contribution in [2.24, 2.45) is 0 Å². The van der Waals surface area contributed by atoms with Crippen molar-refractivity contribution < 1.29 is 13.2 Å². The van der Waals surface area contributed by atoms with Crippen molar-refractivity contribution in [1.82, 2.24) is 4.98 Å². The van der Waals surface area contributed by atoms with Gasteiger partial charge >= 0.3 is 6.18 Å². The molecule has 0 fully saturated rings. The largest absolute Gasteiger partial charge is 0.433 e. The number of hydrogen-bond acceptors (Lipinski definition) is 2. The van der Waals surface area contributed by atoms with Gasteiger partial charge in [-0.2, -0.15) is 13.2 Å². The summed E-state index contributed by atoms with van der Waals surface area (Å²) in [6.45, 7) is 0. The van der Waals surface area contributed by atoms with Crippen molar-refractivity contribution in [2.45, 2.75) is 12.1 Å². The third kappa shape index (κ3) is 2.24. The third-order valence-electron chi connectivity index (χ3n) is 1.45. The summed E-state index contributed by atoms with van der Waals surface area (Å²) in [6.07, 6.45) is -4.46. The fourth-order valence-corrected chi connectivity index (χ4v) is 1.00. The van der Waals surface area contributed by atoms with E-state index in [1.165, 1.54) is 6.07 Å². The van der Waals surface area contributed by atoms with E-state index >= 15 is 0 Å². The van der Waals surface area contributed by atoms with Gasteiger partial charge in [0.05, 0.1) is 5.88 Å². The van der Waals surface area contributed by atoms with E-state index in [2.05, 4.69) is 4.98 Å². The summed E-state index contributed by atoms with van der Waals surface area (Å²) in [6, 6.07) is 2.08. The fourth-order valence-electron chi connectivity index (χ4n) is 0.775. The number of alkyl halides is 4. The summed E-state index contributed by atoms with van der Waals surface area (Å²) in [5.41, 5.74) is 4.63. The van der Waals surface area contributed by atoms with E-state index in [1.807, 2.05) is 0 Å². The Hall–Kier alpha value is -0.970. The van der Waals surface area contributed by atoms with Crippen LogP contribution in [0.1, 0.15) is 11.3 Å². The van der Waals surface area contributed by atoms with Crippen molar-refractivity contribution in [1.29, 1.82) is 0 Å². The molecule has 2 nitrogen and oxygen atoms in total. The SMILES string of the molecule is Nc1nc(C(F)(F)F)ccc1CCl. The summed E-state index contributed by atoms with van der Waals surface area (Å²) in [5, 5.41) is 0. The molecule has 13 heavy (non-hydrogen) atoms. The van der Waals surface area contributed by atoms with Gasteiger partial charge in [0.2, 0.25) is 0 Å². The Bertz CT molecular complexity index is 311. The summed E-state index contributed by atoms with van der Waals surface area (Å²) in [5.74, 6) is -0.124. The van der Waals surface area contributed by atoms with Crippen molar-refractivity contribution in [3.63, 3.8) is 0 Å². The maximum absolute atomic E-state index is 12.1. The average molecular weight is 211 g/mol. The van der Waals surface area contributed by atoms with Crippen molar-refractivity contribution in [3.05, 3.63) is 23.4 Å². The first-order chi connectivity index (χ1) is 5.95. The maximum atomic E-state index is 12.1. The number of rotatable bonds is 1. The molecule has 0 saturated carbocycles. The minimum absolute atomic E-state index is 0.0526. The van der Waals surface area contributed by atoms with Crippen molar-refractivity contribution in [2.75, 3.05) is 5.73 Å². The second-order valence-electron chi connectivity index (χ2n) is 2.37. The molecule has 0 bridgehead atoms. The quantitative estimate of drug-likeness (QED) is 0.723. The van der Waals surface area contributed by atoms with Gasteiger partial charge in [-0.15, -0.1) is 11.6 Å². The number of halogens is 4. The lowest BCUT2D eigenvalue weighted by molar-refractivity contribution is -0.141. The maximum Gasteiger partial charge on any atom is 0.433 e. The van der Waals surface area contributed by atoms with Crippen LogP contribution >= 0.6 is 11.6 Å². The van der Waals surface area contributed by atoms with Gasteiger partial charge in [0.1, 0.15) is 11.5 Å². The van der Waals surface area contributed by atoms with Crippen LogP contribution in [0.3, 0.4) is 0 Å². The molecule has 6 heteroatoms. The van der Waals surface area contributed by atoms with E-state index in [0.717, 1.165) is 6.07 Å². The second-order valence-corrected chi connectivity index (χ2v) is 2.64. The molecule has 0 spiro atoms. The highest BCUT2D eigenvalue weighted by Crippen LogP contribution is 2.28. The average Bonchev–Trinajstić information content (AvgIpc) is 2.02. The predicted octanol–water partition coefficient (Wildman–Crippen LogP) is 2.42. The molecule has 0 aliphatic carbocycles. The molecule has 1 rings (SSSR count). The van der Waals surface area contributed by atoms with Gasteiger partial charge in [-0.05, 0) is 6.07 Å². The van der Waals surface area contributed by atoms with Crippen LogP contribution in [0.25, 0.3) is 0 Å². The van der Waals surface area contributed by atoms with Crippen molar-refractivity contribution >= 4 is 17.4 Å². The molecule has 0 aliphatic heterocycles. The first-order valence-corrected chi connectivity index (χ1v) is 3.87. The van der Waals surface area contributed by atoms with Crippen LogP contribution < -0.4 is 5.73 Å². The second kappa shape index (κ2) is 3.41. The molecule has 0 atom stereocenters. The Morgan fingerprint density at radius 2 is 2.00 bits per heavy atom. The van der Waals surface area contributed by atoms with Crippen LogP contribution in [0.2, 0.25) is 0 Å². The molecule has 0 aromatic carbocycles.